The molecule has 0 heterocycles. The number of aromatic carboxylic acids is 1. The van der Waals surface area contributed by atoms with E-state index in [2.05, 4.69) is 5.92 Å². The van der Waals surface area contributed by atoms with E-state index >= 15 is 0 Å². The van der Waals surface area contributed by atoms with Crippen LogP contribution >= 0.6 is 0 Å². The average Bonchev–Trinajstić information content (AvgIpc) is 2.34. The van der Waals surface area contributed by atoms with Crippen molar-refractivity contribution in [3.05, 3.63) is 17.7 Å². The predicted octanol–water partition coefficient (Wildman–Crippen LogP) is 1.41. The van der Waals surface area contributed by atoms with Gasteiger partial charge in [-0.05, 0) is 12.1 Å². The smallest absolute Gasteiger partial charge is 0.335 e. The molecule has 0 spiro atoms. The summed E-state index contributed by atoms with van der Waals surface area (Å²) >= 11 is 0. The van der Waals surface area contributed by atoms with Gasteiger partial charge in [-0.2, -0.15) is 0 Å². The number of terminal acetylenes is 1. The highest BCUT2D eigenvalue weighted by Gasteiger charge is 2.16. The van der Waals surface area contributed by atoms with Gasteiger partial charge in [0.2, 0.25) is 5.75 Å². The van der Waals surface area contributed by atoms with E-state index in [9.17, 15) is 4.79 Å². The van der Waals surface area contributed by atoms with Crippen molar-refractivity contribution in [3.63, 3.8) is 0 Å². The molecular weight excluding hydrogens is 224 g/mol. The van der Waals surface area contributed by atoms with Crippen LogP contribution in [-0.2, 0) is 0 Å². The van der Waals surface area contributed by atoms with Crippen LogP contribution in [0.25, 0.3) is 0 Å². The maximum absolute atomic E-state index is 10.9. The van der Waals surface area contributed by atoms with Crippen molar-refractivity contribution in [3.8, 4) is 29.6 Å². The van der Waals surface area contributed by atoms with E-state index in [-0.39, 0.29) is 29.4 Å². The molecule has 5 heteroatoms. The topological polar surface area (TPSA) is 65.0 Å². The van der Waals surface area contributed by atoms with E-state index in [0.29, 0.717) is 0 Å². The molecule has 1 aromatic rings. The van der Waals surface area contributed by atoms with Crippen molar-refractivity contribution in [1.29, 1.82) is 0 Å². The van der Waals surface area contributed by atoms with Crippen LogP contribution < -0.4 is 14.2 Å². The van der Waals surface area contributed by atoms with Crippen molar-refractivity contribution in [2.45, 2.75) is 0 Å². The largest absolute Gasteiger partial charge is 0.493 e. The van der Waals surface area contributed by atoms with E-state index in [1.54, 1.807) is 0 Å². The van der Waals surface area contributed by atoms with Gasteiger partial charge in [0.05, 0.1) is 19.8 Å². The fourth-order valence-corrected chi connectivity index (χ4v) is 1.26. The first-order valence-electron chi connectivity index (χ1n) is 4.69. The van der Waals surface area contributed by atoms with Gasteiger partial charge in [-0.1, -0.05) is 5.92 Å². The Morgan fingerprint density at radius 2 is 1.88 bits per heavy atom. The molecular formula is C12H12O5. The minimum absolute atomic E-state index is 0.0408. The molecule has 0 radical (unpaired) electrons. The Bertz CT molecular complexity index is 433. The summed E-state index contributed by atoms with van der Waals surface area (Å²) in [6.07, 6.45) is 5.09. The summed E-state index contributed by atoms with van der Waals surface area (Å²) in [5, 5.41) is 8.91. The zero-order valence-corrected chi connectivity index (χ0v) is 9.52. The van der Waals surface area contributed by atoms with Crippen LogP contribution in [0.5, 0.6) is 17.2 Å². The Hall–Kier alpha value is -2.35. The fraction of sp³-hybridized carbons (Fsp3) is 0.250. The van der Waals surface area contributed by atoms with Crippen LogP contribution in [0.1, 0.15) is 10.4 Å². The molecule has 1 rings (SSSR count). The number of hydrogen-bond donors (Lipinski definition) is 1. The number of methoxy groups -OCH3 is 2. The van der Waals surface area contributed by atoms with E-state index in [1.165, 1.54) is 26.4 Å². The molecule has 17 heavy (non-hydrogen) atoms. The standard InChI is InChI=1S/C12H12O5/c1-4-5-17-11-9(15-2)6-8(12(13)14)7-10(11)16-3/h1,6-7H,5H2,2-3H3,(H,13,14). The van der Waals surface area contributed by atoms with Gasteiger partial charge in [-0.25, -0.2) is 4.79 Å². The maximum Gasteiger partial charge on any atom is 0.335 e. The summed E-state index contributed by atoms with van der Waals surface area (Å²) in [5.74, 6) is 2.04. The van der Waals surface area contributed by atoms with Gasteiger partial charge in [-0.15, -0.1) is 6.42 Å². The van der Waals surface area contributed by atoms with E-state index in [4.69, 9.17) is 25.7 Å². The van der Waals surface area contributed by atoms with E-state index in [1.807, 2.05) is 0 Å². The highest BCUT2D eigenvalue weighted by atomic mass is 16.5. The third-order valence-corrected chi connectivity index (χ3v) is 2.01. The van der Waals surface area contributed by atoms with Crippen molar-refractivity contribution in [2.75, 3.05) is 20.8 Å². The molecule has 0 saturated carbocycles. The fourth-order valence-electron chi connectivity index (χ4n) is 1.26. The number of carboxylic acids is 1. The summed E-state index contributed by atoms with van der Waals surface area (Å²) in [6.45, 7) is 0.0408. The molecule has 1 aromatic carbocycles. The van der Waals surface area contributed by atoms with Gasteiger partial charge in [0, 0.05) is 0 Å². The van der Waals surface area contributed by atoms with Crippen LogP contribution in [-0.4, -0.2) is 31.9 Å². The average molecular weight is 236 g/mol. The Morgan fingerprint density at radius 1 is 1.35 bits per heavy atom. The summed E-state index contributed by atoms with van der Waals surface area (Å²) in [4.78, 5) is 10.9. The monoisotopic (exact) mass is 236 g/mol. The van der Waals surface area contributed by atoms with Crippen molar-refractivity contribution < 1.29 is 24.1 Å². The first kappa shape index (κ1) is 12.7. The lowest BCUT2D eigenvalue weighted by molar-refractivity contribution is 0.0696. The molecule has 0 aliphatic carbocycles. The summed E-state index contributed by atoms with van der Waals surface area (Å²) in [5.41, 5.74) is 0.0479. The molecule has 0 saturated heterocycles. The second-order valence-corrected chi connectivity index (χ2v) is 3.01. The number of hydrogen-bond acceptors (Lipinski definition) is 4. The first-order valence-corrected chi connectivity index (χ1v) is 4.69. The van der Waals surface area contributed by atoms with Gasteiger partial charge in [0.15, 0.2) is 11.5 Å². The minimum Gasteiger partial charge on any atom is -0.493 e. The molecule has 90 valence electrons. The second-order valence-electron chi connectivity index (χ2n) is 3.01. The van der Waals surface area contributed by atoms with Crippen LogP contribution in [0, 0.1) is 12.3 Å². The Morgan fingerprint density at radius 3 is 2.24 bits per heavy atom. The normalized spacial score (nSPS) is 9.24. The minimum atomic E-state index is -1.08. The van der Waals surface area contributed by atoms with Crippen LogP contribution in [0.3, 0.4) is 0 Å². The molecule has 0 aliphatic heterocycles. The molecule has 0 atom stereocenters. The molecule has 0 aliphatic rings. The van der Waals surface area contributed by atoms with Crippen LogP contribution in [0.2, 0.25) is 0 Å². The summed E-state index contributed by atoms with van der Waals surface area (Å²) < 4.78 is 15.3. The highest BCUT2D eigenvalue weighted by Crippen LogP contribution is 2.38. The SMILES string of the molecule is C#CCOc1c(OC)cc(C(=O)O)cc1OC. The summed E-state index contributed by atoms with van der Waals surface area (Å²) in [7, 11) is 2.81. The number of rotatable bonds is 5. The van der Waals surface area contributed by atoms with Gasteiger partial charge in [0.25, 0.3) is 0 Å². The number of carbonyl (C=O) groups is 1. The second kappa shape index (κ2) is 5.66. The van der Waals surface area contributed by atoms with Crippen LogP contribution in [0.4, 0.5) is 0 Å². The molecule has 5 nitrogen and oxygen atoms in total. The molecule has 0 fully saturated rings. The third-order valence-electron chi connectivity index (χ3n) is 2.01. The van der Waals surface area contributed by atoms with Gasteiger partial charge in [0.1, 0.15) is 6.61 Å². The quantitative estimate of drug-likeness (QED) is 0.783. The first-order chi connectivity index (χ1) is 8.13. The van der Waals surface area contributed by atoms with Gasteiger partial charge < -0.3 is 19.3 Å². The predicted molar refractivity (Wildman–Crippen MR) is 60.8 cm³/mol. The molecule has 0 unspecified atom stereocenters. The number of carboxylic acid groups (broad SMARTS) is 1. The Labute approximate surface area is 98.9 Å². The summed E-state index contributed by atoms with van der Waals surface area (Å²) in [6, 6.07) is 2.69. The molecule has 0 aromatic heterocycles. The van der Waals surface area contributed by atoms with Crippen LogP contribution in [0.15, 0.2) is 12.1 Å². The lowest BCUT2D eigenvalue weighted by atomic mass is 10.2. The van der Waals surface area contributed by atoms with Crippen molar-refractivity contribution >= 4 is 5.97 Å². The van der Waals surface area contributed by atoms with E-state index < -0.39 is 5.97 Å². The van der Waals surface area contributed by atoms with Crippen molar-refractivity contribution in [1.82, 2.24) is 0 Å². The molecule has 1 N–H and O–H groups in total. The van der Waals surface area contributed by atoms with Gasteiger partial charge in [-0.3, -0.25) is 0 Å². The number of benzene rings is 1. The lowest BCUT2D eigenvalue weighted by Crippen LogP contribution is -2.03. The Kier molecular flexibility index (Phi) is 4.23. The van der Waals surface area contributed by atoms with Crippen molar-refractivity contribution in [2.24, 2.45) is 0 Å². The molecule has 0 bridgehead atoms. The zero-order valence-electron chi connectivity index (χ0n) is 9.52. The van der Waals surface area contributed by atoms with Gasteiger partial charge >= 0.3 is 5.97 Å². The highest BCUT2D eigenvalue weighted by molar-refractivity contribution is 5.89. The third kappa shape index (κ3) is 2.82. The zero-order chi connectivity index (χ0) is 12.8. The maximum atomic E-state index is 10.9. The Balaban J connectivity index is 3.26. The lowest BCUT2D eigenvalue weighted by Gasteiger charge is -2.13. The number of ether oxygens (including phenoxy) is 3. The van der Waals surface area contributed by atoms with E-state index in [0.717, 1.165) is 0 Å². The molecule has 0 amide bonds.